The number of thiophene rings is 1. The summed E-state index contributed by atoms with van der Waals surface area (Å²) < 4.78 is 5.75. The lowest BCUT2D eigenvalue weighted by Gasteiger charge is -2.28. The van der Waals surface area contributed by atoms with Gasteiger partial charge in [0.15, 0.2) is 0 Å². The fraction of sp³-hybridized carbons (Fsp3) is 0.476. The minimum Gasteiger partial charge on any atom is -0.376 e. The van der Waals surface area contributed by atoms with Crippen LogP contribution in [-0.2, 0) is 22.5 Å². The third-order valence-corrected chi connectivity index (χ3v) is 6.30. The van der Waals surface area contributed by atoms with Gasteiger partial charge in [-0.15, -0.1) is 11.3 Å². The highest BCUT2D eigenvalue weighted by Gasteiger charge is 2.28. The van der Waals surface area contributed by atoms with E-state index in [4.69, 9.17) is 4.74 Å². The molecule has 0 aliphatic carbocycles. The highest BCUT2D eigenvalue weighted by molar-refractivity contribution is 7.10. The lowest BCUT2D eigenvalue weighted by atomic mass is 10.2. The number of amides is 2. The van der Waals surface area contributed by atoms with Crippen molar-refractivity contribution in [3.05, 3.63) is 52.0 Å². The van der Waals surface area contributed by atoms with Crippen LogP contribution in [0.4, 0.5) is 0 Å². The van der Waals surface area contributed by atoms with Crippen molar-refractivity contribution in [2.45, 2.75) is 38.3 Å². The van der Waals surface area contributed by atoms with Crippen LogP contribution in [0.3, 0.4) is 0 Å². The van der Waals surface area contributed by atoms with Crippen LogP contribution >= 0.6 is 11.3 Å². The molecule has 2 aromatic rings. The van der Waals surface area contributed by atoms with Gasteiger partial charge in [0.2, 0.25) is 5.91 Å². The number of ether oxygens (including phenoxy) is 1. The number of hydrogen-bond donors (Lipinski definition) is 0. The van der Waals surface area contributed by atoms with Gasteiger partial charge in [-0.1, -0.05) is 6.07 Å². The van der Waals surface area contributed by atoms with E-state index < -0.39 is 0 Å². The van der Waals surface area contributed by atoms with Crippen LogP contribution in [0.1, 0.15) is 40.1 Å². The van der Waals surface area contributed by atoms with Crippen LogP contribution in [-0.4, -0.2) is 58.9 Å². The van der Waals surface area contributed by atoms with Gasteiger partial charge >= 0.3 is 0 Å². The summed E-state index contributed by atoms with van der Waals surface area (Å²) in [6.07, 6.45) is 7.38. The number of fused-ring (bicyclic) bond motifs is 1. The average Bonchev–Trinajstić information content (AvgIpc) is 3.36. The molecule has 2 aliphatic heterocycles. The predicted molar refractivity (Wildman–Crippen MR) is 107 cm³/mol. The summed E-state index contributed by atoms with van der Waals surface area (Å²) in [5, 5.41) is 1.96. The molecule has 4 rings (SSSR count). The van der Waals surface area contributed by atoms with Crippen molar-refractivity contribution in [2.75, 3.05) is 26.2 Å². The molecule has 0 bridgehead atoms. The second kappa shape index (κ2) is 8.84. The van der Waals surface area contributed by atoms with E-state index in [0.29, 0.717) is 19.6 Å². The van der Waals surface area contributed by atoms with E-state index in [-0.39, 0.29) is 24.5 Å². The monoisotopic (exact) mass is 399 g/mol. The summed E-state index contributed by atoms with van der Waals surface area (Å²) in [6.45, 7) is 2.52. The van der Waals surface area contributed by atoms with Crippen LogP contribution in [0.5, 0.6) is 0 Å². The SMILES string of the molecule is O=C(CN1CCCc2sccc2C1=O)N(Cc1cccnc1)CC1CCCO1. The molecule has 7 heteroatoms. The fourth-order valence-electron chi connectivity index (χ4n) is 3.84. The number of rotatable bonds is 6. The standard InChI is InChI=1S/C21H25N3O3S/c25-20(15-23-9-2-6-19-18(21(23)26)7-11-28-19)24(14-17-5-3-10-27-17)13-16-4-1-8-22-12-16/h1,4,7-8,11-12,17H,2-3,5-6,9-10,13-15H2. The molecular formula is C21H25N3O3S. The van der Waals surface area contributed by atoms with E-state index in [2.05, 4.69) is 4.98 Å². The minimum atomic E-state index is -0.0358. The molecular weight excluding hydrogens is 374 g/mol. The van der Waals surface area contributed by atoms with E-state index in [9.17, 15) is 9.59 Å². The molecule has 6 nitrogen and oxygen atoms in total. The Labute approximate surface area is 169 Å². The Hall–Kier alpha value is -2.25. The maximum atomic E-state index is 13.2. The van der Waals surface area contributed by atoms with Crippen LogP contribution in [0.25, 0.3) is 0 Å². The third kappa shape index (κ3) is 4.42. The average molecular weight is 400 g/mol. The van der Waals surface area contributed by atoms with Crippen molar-refractivity contribution in [1.82, 2.24) is 14.8 Å². The van der Waals surface area contributed by atoms with Gasteiger partial charge in [-0.3, -0.25) is 14.6 Å². The summed E-state index contributed by atoms with van der Waals surface area (Å²) in [5.41, 5.74) is 1.74. The summed E-state index contributed by atoms with van der Waals surface area (Å²) in [4.78, 5) is 34.9. The molecule has 0 N–H and O–H groups in total. The van der Waals surface area contributed by atoms with Crippen molar-refractivity contribution in [2.24, 2.45) is 0 Å². The Balaban J connectivity index is 1.47. The van der Waals surface area contributed by atoms with Gasteiger partial charge in [0.1, 0.15) is 6.54 Å². The number of carbonyl (C=O) groups is 2. The molecule has 0 radical (unpaired) electrons. The Morgan fingerprint density at radius 3 is 3.07 bits per heavy atom. The highest BCUT2D eigenvalue weighted by Crippen LogP contribution is 2.24. The number of aryl methyl sites for hydroxylation is 1. The van der Waals surface area contributed by atoms with Crippen LogP contribution < -0.4 is 0 Å². The second-order valence-corrected chi connectivity index (χ2v) is 8.36. The first kappa shape index (κ1) is 19.1. The Kier molecular flexibility index (Phi) is 6.02. The zero-order valence-corrected chi connectivity index (χ0v) is 16.7. The van der Waals surface area contributed by atoms with E-state index in [0.717, 1.165) is 48.3 Å². The minimum absolute atomic E-state index is 0.0273. The van der Waals surface area contributed by atoms with Crippen LogP contribution in [0.15, 0.2) is 36.0 Å². The van der Waals surface area contributed by atoms with E-state index >= 15 is 0 Å². The van der Waals surface area contributed by atoms with Crippen molar-refractivity contribution in [3.8, 4) is 0 Å². The lowest BCUT2D eigenvalue weighted by molar-refractivity contribution is -0.134. The number of carbonyl (C=O) groups excluding carboxylic acids is 2. The number of pyridine rings is 1. The first-order valence-corrected chi connectivity index (χ1v) is 10.7. The largest absolute Gasteiger partial charge is 0.376 e. The summed E-state index contributed by atoms with van der Waals surface area (Å²) in [7, 11) is 0. The molecule has 4 heterocycles. The molecule has 1 fully saturated rings. The van der Waals surface area contributed by atoms with E-state index in [1.807, 2.05) is 28.5 Å². The van der Waals surface area contributed by atoms with Crippen LogP contribution in [0, 0.1) is 0 Å². The van der Waals surface area contributed by atoms with Crippen molar-refractivity contribution < 1.29 is 14.3 Å². The van der Waals surface area contributed by atoms with Gasteiger partial charge in [0.25, 0.3) is 5.91 Å². The molecule has 1 atom stereocenters. The number of aromatic nitrogens is 1. The van der Waals surface area contributed by atoms with E-state index in [1.165, 1.54) is 0 Å². The Morgan fingerprint density at radius 2 is 2.29 bits per heavy atom. The maximum Gasteiger partial charge on any atom is 0.255 e. The summed E-state index contributed by atoms with van der Waals surface area (Å²) >= 11 is 1.63. The smallest absolute Gasteiger partial charge is 0.255 e. The van der Waals surface area contributed by atoms with Crippen molar-refractivity contribution >= 4 is 23.2 Å². The van der Waals surface area contributed by atoms with Gasteiger partial charge in [-0.25, -0.2) is 0 Å². The van der Waals surface area contributed by atoms with Crippen molar-refractivity contribution in [3.63, 3.8) is 0 Å². The lowest BCUT2D eigenvalue weighted by Crippen LogP contribution is -2.45. The number of nitrogens with zero attached hydrogens (tertiary/aromatic N) is 3. The van der Waals surface area contributed by atoms with Crippen LogP contribution in [0.2, 0.25) is 0 Å². The molecule has 148 valence electrons. The maximum absolute atomic E-state index is 13.2. The molecule has 2 amide bonds. The molecule has 2 aromatic heterocycles. The Morgan fingerprint density at radius 1 is 1.36 bits per heavy atom. The molecule has 1 unspecified atom stereocenters. The third-order valence-electron chi connectivity index (χ3n) is 5.32. The van der Waals surface area contributed by atoms with Crippen molar-refractivity contribution in [1.29, 1.82) is 0 Å². The zero-order valence-electron chi connectivity index (χ0n) is 15.9. The molecule has 1 saturated heterocycles. The molecule has 2 aliphatic rings. The van der Waals surface area contributed by atoms with Gasteiger partial charge in [-0.2, -0.15) is 0 Å². The Bertz CT molecular complexity index is 817. The molecule has 0 spiro atoms. The highest BCUT2D eigenvalue weighted by atomic mass is 32.1. The first-order valence-electron chi connectivity index (χ1n) is 9.84. The van der Waals surface area contributed by atoms with Gasteiger partial charge < -0.3 is 14.5 Å². The number of hydrogen-bond acceptors (Lipinski definition) is 5. The normalized spacial score (nSPS) is 19.4. The van der Waals surface area contributed by atoms with Gasteiger partial charge in [0.05, 0.1) is 11.7 Å². The molecule has 0 saturated carbocycles. The zero-order chi connectivity index (χ0) is 19.3. The first-order chi connectivity index (χ1) is 13.7. The predicted octanol–water partition coefficient (Wildman–Crippen LogP) is 2.74. The summed E-state index contributed by atoms with van der Waals surface area (Å²) in [6, 6.07) is 5.73. The van der Waals surface area contributed by atoms with Gasteiger partial charge in [-0.05, 0) is 48.8 Å². The summed E-state index contributed by atoms with van der Waals surface area (Å²) in [5.74, 6) is -0.0630. The molecule has 0 aromatic carbocycles. The van der Waals surface area contributed by atoms with Gasteiger partial charge in [0, 0.05) is 43.5 Å². The second-order valence-electron chi connectivity index (χ2n) is 7.36. The topological polar surface area (TPSA) is 62.7 Å². The quantitative estimate of drug-likeness (QED) is 0.749. The van der Waals surface area contributed by atoms with E-state index in [1.54, 1.807) is 28.6 Å². The fourth-order valence-corrected chi connectivity index (χ4v) is 4.75. The molecule has 28 heavy (non-hydrogen) atoms.